The number of fused-ring (bicyclic) bond motifs is 1. The Balaban J connectivity index is 1.71. The molecule has 0 spiro atoms. The fraction of sp³-hybridized carbons (Fsp3) is 0.429. The third-order valence-electron chi connectivity index (χ3n) is 3.43. The summed E-state index contributed by atoms with van der Waals surface area (Å²) in [6.45, 7) is 0.515. The molecule has 0 bridgehead atoms. The standard InChI is InChI=1S/C14H16N2O3S/c1-19-10-4-5-12-11(8-10)16(18)13(20-12)6-7-15-14(17)9-2-3-9/h4-5,8-9H,2-3,6-7H2,1H3,(H,15,17). The van der Waals surface area contributed by atoms with E-state index in [9.17, 15) is 10.0 Å². The zero-order valence-corrected chi connectivity index (χ0v) is 12.0. The van der Waals surface area contributed by atoms with Crippen molar-refractivity contribution in [2.75, 3.05) is 13.7 Å². The second kappa shape index (κ2) is 5.28. The summed E-state index contributed by atoms with van der Waals surface area (Å²) in [5.74, 6) is 1.000. The van der Waals surface area contributed by atoms with E-state index in [0.29, 0.717) is 29.2 Å². The number of benzene rings is 1. The number of nitrogens with one attached hydrogen (secondary N) is 1. The van der Waals surface area contributed by atoms with Gasteiger partial charge in [0.15, 0.2) is 0 Å². The Morgan fingerprint density at radius 1 is 1.55 bits per heavy atom. The van der Waals surface area contributed by atoms with E-state index in [1.165, 1.54) is 11.3 Å². The van der Waals surface area contributed by atoms with Crippen molar-refractivity contribution >= 4 is 27.5 Å². The summed E-state index contributed by atoms with van der Waals surface area (Å²) in [6, 6.07) is 5.47. The lowest BCUT2D eigenvalue weighted by molar-refractivity contribution is -0.580. The van der Waals surface area contributed by atoms with Gasteiger partial charge in [-0.2, -0.15) is 4.73 Å². The number of carbonyl (C=O) groups is 1. The lowest BCUT2D eigenvalue weighted by Gasteiger charge is -2.02. The highest BCUT2D eigenvalue weighted by molar-refractivity contribution is 7.18. The van der Waals surface area contributed by atoms with Gasteiger partial charge in [-0.1, -0.05) is 11.3 Å². The van der Waals surface area contributed by atoms with Crippen LogP contribution in [0.15, 0.2) is 18.2 Å². The molecule has 1 amide bonds. The monoisotopic (exact) mass is 292 g/mol. The maximum absolute atomic E-state index is 12.2. The second-order valence-electron chi connectivity index (χ2n) is 4.94. The fourth-order valence-electron chi connectivity index (χ4n) is 2.11. The summed E-state index contributed by atoms with van der Waals surface area (Å²) in [5, 5.41) is 15.8. The number of thiazole rings is 1. The number of hydrogen-bond donors (Lipinski definition) is 1. The van der Waals surface area contributed by atoms with Crippen LogP contribution in [0.5, 0.6) is 5.75 Å². The number of carbonyl (C=O) groups excluding carboxylic acids is 1. The Hall–Kier alpha value is -1.82. The average molecular weight is 292 g/mol. The van der Waals surface area contributed by atoms with Gasteiger partial charge in [-0.3, -0.25) is 4.79 Å². The molecule has 0 radical (unpaired) electrons. The molecular weight excluding hydrogens is 276 g/mol. The van der Waals surface area contributed by atoms with Crippen LogP contribution in [0, 0.1) is 11.1 Å². The number of nitrogens with zero attached hydrogens (tertiary/aromatic N) is 1. The highest BCUT2D eigenvalue weighted by atomic mass is 32.1. The van der Waals surface area contributed by atoms with Gasteiger partial charge in [0.2, 0.25) is 11.4 Å². The molecule has 0 unspecified atom stereocenters. The summed E-state index contributed by atoms with van der Waals surface area (Å²) in [5.41, 5.74) is 0.623. The van der Waals surface area contributed by atoms with Gasteiger partial charge < -0.3 is 15.3 Å². The molecular formula is C14H16N2O3S. The van der Waals surface area contributed by atoms with Crippen LogP contribution >= 0.6 is 11.3 Å². The van der Waals surface area contributed by atoms with E-state index in [0.717, 1.165) is 22.3 Å². The van der Waals surface area contributed by atoms with Gasteiger partial charge in [0.05, 0.1) is 19.6 Å². The number of hydrogen-bond acceptors (Lipinski definition) is 4. The molecule has 1 aliphatic rings. The van der Waals surface area contributed by atoms with Crippen molar-refractivity contribution in [3.63, 3.8) is 0 Å². The van der Waals surface area contributed by atoms with E-state index < -0.39 is 0 Å². The number of ether oxygens (including phenoxy) is 1. The number of rotatable bonds is 5. The summed E-state index contributed by atoms with van der Waals surface area (Å²) in [4.78, 5) is 11.5. The Bertz CT molecular complexity index is 649. The van der Waals surface area contributed by atoms with Crippen molar-refractivity contribution in [3.05, 3.63) is 28.4 Å². The minimum Gasteiger partial charge on any atom is -0.617 e. The Kier molecular flexibility index (Phi) is 3.48. The summed E-state index contributed by atoms with van der Waals surface area (Å²) in [7, 11) is 1.58. The van der Waals surface area contributed by atoms with Crippen LogP contribution in [0.4, 0.5) is 0 Å². The number of amides is 1. The topological polar surface area (TPSA) is 65.3 Å². The minimum atomic E-state index is 0.116. The van der Waals surface area contributed by atoms with Crippen LogP contribution in [0.2, 0.25) is 0 Å². The van der Waals surface area contributed by atoms with E-state index in [-0.39, 0.29) is 11.8 Å². The molecule has 1 N–H and O–H groups in total. The van der Waals surface area contributed by atoms with Crippen LogP contribution in [-0.4, -0.2) is 19.6 Å². The molecule has 0 saturated heterocycles. The normalized spacial score (nSPS) is 14.4. The van der Waals surface area contributed by atoms with Gasteiger partial charge in [-0.15, -0.1) is 0 Å². The molecule has 1 aromatic carbocycles. The highest BCUT2D eigenvalue weighted by Crippen LogP contribution is 2.28. The first-order chi connectivity index (χ1) is 9.69. The summed E-state index contributed by atoms with van der Waals surface area (Å²) >= 11 is 1.46. The van der Waals surface area contributed by atoms with Gasteiger partial charge in [0.25, 0.3) is 5.01 Å². The van der Waals surface area contributed by atoms with E-state index in [1.54, 1.807) is 13.2 Å². The van der Waals surface area contributed by atoms with Crippen LogP contribution in [0.1, 0.15) is 17.8 Å². The van der Waals surface area contributed by atoms with Crippen LogP contribution < -0.4 is 14.8 Å². The number of aromatic nitrogens is 1. The molecule has 1 fully saturated rings. The van der Waals surface area contributed by atoms with Crippen molar-refractivity contribution in [3.8, 4) is 5.75 Å². The molecule has 3 rings (SSSR count). The lowest BCUT2D eigenvalue weighted by Crippen LogP contribution is -2.33. The molecule has 1 aromatic heterocycles. The largest absolute Gasteiger partial charge is 0.617 e. The zero-order chi connectivity index (χ0) is 14.1. The van der Waals surface area contributed by atoms with Crippen LogP contribution in [0.3, 0.4) is 0 Å². The molecule has 1 saturated carbocycles. The number of methoxy groups -OCH3 is 1. The molecule has 1 aliphatic carbocycles. The second-order valence-corrected chi connectivity index (χ2v) is 6.05. The fourth-order valence-corrected chi connectivity index (χ4v) is 3.13. The molecule has 1 heterocycles. The van der Waals surface area contributed by atoms with Gasteiger partial charge in [-0.25, -0.2) is 0 Å². The Labute approximate surface area is 120 Å². The van der Waals surface area contributed by atoms with Gasteiger partial charge in [-0.05, 0) is 25.0 Å². The summed E-state index contributed by atoms with van der Waals surface area (Å²) in [6.07, 6.45) is 2.55. The molecule has 0 atom stereocenters. The van der Waals surface area contributed by atoms with Crippen molar-refractivity contribution in [1.29, 1.82) is 0 Å². The van der Waals surface area contributed by atoms with Crippen LogP contribution in [-0.2, 0) is 11.2 Å². The quantitative estimate of drug-likeness (QED) is 0.672. The van der Waals surface area contributed by atoms with Crippen molar-refractivity contribution < 1.29 is 14.3 Å². The maximum Gasteiger partial charge on any atom is 0.251 e. The maximum atomic E-state index is 12.2. The molecule has 5 nitrogen and oxygen atoms in total. The minimum absolute atomic E-state index is 0.116. The smallest absolute Gasteiger partial charge is 0.251 e. The predicted molar refractivity (Wildman–Crippen MR) is 76.8 cm³/mol. The molecule has 20 heavy (non-hydrogen) atoms. The first-order valence-corrected chi connectivity index (χ1v) is 7.47. The van der Waals surface area contributed by atoms with Crippen LogP contribution in [0.25, 0.3) is 10.2 Å². The third-order valence-corrected chi connectivity index (χ3v) is 4.60. The Morgan fingerprint density at radius 2 is 2.35 bits per heavy atom. The summed E-state index contributed by atoms with van der Waals surface area (Å²) < 4.78 is 7.00. The van der Waals surface area contributed by atoms with Crippen molar-refractivity contribution in [2.45, 2.75) is 19.3 Å². The average Bonchev–Trinajstić information content (AvgIpc) is 3.26. The molecule has 106 valence electrons. The third kappa shape index (κ3) is 2.56. The van der Waals surface area contributed by atoms with Gasteiger partial charge in [0.1, 0.15) is 10.4 Å². The first-order valence-electron chi connectivity index (χ1n) is 6.65. The predicted octanol–water partition coefficient (Wildman–Crippen LogP) is 1.61. The van der Waals surface area contributed by atoms with E-state index in [1.807, 2.05) is 12.1 Å². The zero-order valence-electron chi connectivity index (χ0n) is 11.2. The molecule has 2 aromatic rings. The van der Waals surface area contributed by atoms with Crippen molar-refractivity contribution in [2.24, 2.45) is 5.92 Å². The van der Waals surface area contributed by atoms with Crippen molar-refractivity contribution in [1.82, 2.24) is 5.32 Å². The SMILES string of the molecule is COc1ccc2sc(CCNC(=O)C3CC3)[n+]([O-])c2c1. The van der Waals surface area contributed by atoms with E-state index in [2.05, 4.69) is 5.32 Å². The molecule has 6 heteroatoms. The molecule has 0 aliphatic heterocycles. The Morgan fingerprint density at radius 3 is 3.05 bits per heavy atom. The first kappa shape index (κ1) is 13.2. The lowest BCUT2D eigenvalue weighted by atomic mass is 10.3. The van der Waals surface area contributed by atoms with Gasteiger partial charge >= 0.3 is 0 Å². The van der Waals surface area contributed by atoms with Gasteiger partial charge in [0, 0.05) is 12.5 Å². The van der Waals surface area contributed by atoms with E-state index in [4.69, 9.17) is 4.74 Å². The van der Waals surface area contributed by atoms with E-state index >= 15 is 0 Å². The highest BCUT2D eigenvalue weighted by Gasteiger charge is 2.29.